The highest BCUT2D eigenvalue weighted by Gasteiger charge is 2.12. The first-order valence-electron chi connectivity index (χ1n) is 4.56. The smallest absolute Gasteiger partial charge is 0.198 e. The summed E-state index contributed by atoms with van der Waals surface area (Å²) in [6.07, 6.45) is 1.44. The first kappa shape index (κ1) is 9.58. The van der Waals surface area contributed by atoms with Crippen LogP contribution in [0.1, 0.15) is 0 Å². The number of carbonyl (C=O) groups is 1. The third-order valence-electron chi connectivity index (χ3n) is 2.00. The van der Waals surface area contributed by atoms with Crippen molar-refractivity contribution in [3.05, 3.63) is 36.2 Å². The number of rotatable bonds is 3. The molecule has 2 rings (SSSR count). The van der Waals surface area contributed by atoms with Gasteiger partial charge in [-0.1, -0.05) is 6.07 Å². The van der Waals surface area contributed by atoms with Gasteiger partial charge in [0.2, 0.25) is 0 Å². The second-order valence-corrected chi connectivity index (χ2v) is 3.12. The molecule has 1 aliphatic heterocycles. The zero-order valence-electron chi connectivity index (χ0n) is 8.32. The molecule has 0 saturated heterocycles. The molecule has 0 saturated carbocycles. The Morgan fingerprint density at radius 2 is 2.33 bits per heavy atom. The maximum Gasteiger partial charge on any atom is 0.198 e. The molecule has 0 aliphatic carbocycles. The van der Waals surface area contributed by atoms with E-state index in [1.807, 2.05) is 24.3 Å². The van der Waals surface area contributed by atoms with E-state index in [9.17, 15) is 4.79 Å². The van der Waals surface area contributed by atoms with Crippen molar-refractivity contribution in [3.8, 4) is 5.75 Å². The van der Waals surface area contributed by atoms with Gasteiger partial charge in [0, 0.05) is 17.8 Å². The van der Waals surface area contributed by atoms with Crippen LogP contribution in [0.5, 0.6) is 5.75 Å². The maximum absolute atomic E-state index is 10.9. The van der Waals surface area contributed by atoms with Crippen molar-refractivity contribution in [2.75, 3.05) is 19.0 Å². The van der Waals surface area contributed by atoms with Gasteiger partial charge in [0.1, 0.15) is 5.75 Å². The third-order valence-corrected chi connectivity index (χ3v) is 2.00. The molecular formula is C11H11NO3. The molecule has 78 valence electrons. The van der Waals surface area contributed by atoms with Crippen molar-refractivity contribution in [2.24, 2.45) is 0 Å². The molecule has 4 nitrogen and oxygen atoms in total. The van der Waals surface area contributed by atoms with Gasteiger partial charge in [-0.25, -0.2) is 0 Å². The van der Waals surface area contributed by atoms with Gasteiger partial charge in [0.05, 0.1) is 7.11 Å². The summed E-state index contributed by atoms with van der Waals surface area (Å²) in [5, 5.41) is 2.98. The molecule has 0 atom stereocenters. The third kappa shape index (κ3) is 2.28. The molecular weight excluding hydrogens is 194 g/mol. The van der Waals surface area contributed by atoms with Crippen molar-refractivity contribution in [2.45, 2.75) is 0 Å². The van der Waals surface area contributed by atoms with Gasteiger partial charge < -0.3 is 14.8 Å². The lowest BCUT2D eigenvalue weighted by atomic mass is 10.3. The van der Waals surface area contributed by atoms with E-state index in [4.69, 9.17) is 9.47 Å². The average Bonchev–Trinajstić information content (AvgIpc) is 2.64. The van der Waals surface area contributed by atoms with Gasteiger partial charge in [-0.05, 0) is 12.1 Å². The lowest BCUT2D eigenvalue weighted by Gasteiger charge is -2.07. The number of nitrogens with one attached hydrogen (secondary N) is 1. The number of hydrogen-bond donors (Lipinski definition) is 1. The van der Waals surface area contributed by atoms with Crippen LogP contribution < -0.4 is 10.1 Å². The number of ketones is 1. The number of ether oxygens (including phenoxy) is 2. The maximum atomic E-state index is 10.9. The lowest BCUT2D eigenvalue weighted by Crippen LogP contribution is -2.00. The van der Waals surface area contributed by atoms with Crippen molar-refractivity contribution < 1.29 is 14.3 Å². The Hall–Kier alpha value is -1.97. The summed E-state index contributed by atoms with van der Waals surface area (Å²) in [5.74, 6) is 1.21. The second kappa shape index (κ2) is 4.04. The van der Waals surface area contributed by atoms with E-state index in [1.165, 1.54) is 6.08 Å². The monoisotopic (exact) mass is 205 g/mol. The van der Waals surface area contributed by atoms with Crippen molar-refractivity contribution in [1.82, 2.24) is 0 Å². The van der Waals surface area contributed by atoms with E-state index in [0.717, 1.165) is 11.4 Å². The van der Waals surface area contributed by atoms with E-state index in [2.05, 4.69) is 5.32 Å². The number of benzene rings is 1. The first-order chi connectivity index (χ1) is 7.28. The number of hydrogen-bond acceptors (Lipinski definition) is 4. The van der Waals surface area contributed by atoms with Gasteiger partial charge in [0.25, 0.3) is 0 Å². The SMILES string of the molecule is COc1cccc(NC2=CC(=O)CO2)c1. The average molecular weight is 205 g/mol. The molecule has 0 fully saturated rings. The summed E-state index contributed by atoms with van der Waals surface area (Å²) in [5.41, 5.74) is 0.829. The predicted molar refractivity (Wildman–Crippen MR) is 55.7 cm³/mol. The Kier molecular flexibility index (Phi) is 2.58. The van der Waals surface area contributed by atoms with Crippen LogP contribution in [0.25, 0.3) is 0 Å². The second-order valence-electron chi connectivity index (χ2n) is 3.12. The Morgan fingerprint density at radius 3 is 3.00 bits per heavy atom. The van der Waals surface area contributed by atoms with Crippen molar-refractivity contribution in [1.29, 1.82) is 0 Å². The highest BCUT2D eigenvalue weighted by molar-refractivity contribution is 5.93. The van der Waals surface area contributed by atoms with Gasteiger partial charge in [-0.2, -0.15) is 0 Å². The van der Waals surface area contributed by atoms with Crippen LogP contribution in [0.3, 0.4) is 0 Å². The zero-order valence-corrected chi connectivity index (χ0v) is 8.32. The summed E-state index contributed by atoms with van der Waals surface area (Å²) < 4.78 is 10.2. The molecule has 0 bridgehead atoms. The largest absolute Gasteiger partial charge is 0.497 e. The summed E-state index contributed by atoms with van der Waals surface area (Å²) in [4.78, 5) is 10.9. The molecule has 1 aromatic carbocycles. The Balaban J connectivity index is 2.10. The van der Waals surface area contributed by atoms with Crippen LogP contribution in [-0.2, 0) is 9.53 Å². The normalized spacial score (nSPS) is 14.5. The van der Waals surface area contributed by atoms with Gasteiger partial charge in [-0.3, -0.25) is 4.79 Å². The molecule has 15 heavy (non-hydrogen) atoms. The minimum absolute atomic E-state index is 0.0274. The number of carbonyl (C=O) groups excluding carboxylic acids is 1. The molecule has 1 N–H and O–H groups in total. The van der Waals surface area contributed by atoms with Crippen LogP contribution in [0.15, 0.2) is 36.2 Å². The summed E-state index contributed by atoms with van der Waals surface area (Å²) >= 11 is 0. The molecule has 0 radical (unpaired) electrons. The highest BCUT2D eigenvalue weighted by atomic mass is 16.5. The Morgan fingerprint density at radius 1 is 1.47 bits per heavy atom. The van der Waals surface area contributed by atoms with E-state index < -0.39 is 0 Å². The quantitative estimate of drug-likeness (QED) is 0.813. The van der Waals surface area contributed by atoms with Crippen LogP contribution in [0.2, 0.25) is 0 Å². The summed E-state index contributed by atoms with van der Waals surface area (Å²) in [7, 11) is 1.61. The summed E-state index contributed by atoms with van der Waals surface area (Å²) in [6.45, 7) is 0.117. The van der Waals surface area contributed by atoms with Gasteiger partial charge in [-0.15, -0.1) is 0 Å². The van der Waals surface area contributed by atoms with Crippen molar-refractivity contribution in [3.63, 3.8) is 0 Å². The molecule has 1 aliphatic rings. The molecule has 1 aromatic rings. The molecule has 1 heterocycles. The summed E-state index contributed by atoms with van der Waals surface area (Å²) in [6, 6.07) is 7.40. The fourth-order valence-electron chi connectivity index (χ4n) is 1.29. The van der Waals surface area contributed by atoms with Gasteiger partial charge >= 0.3 is 0 Å². The van der Waals surface area contributed by atoms with E-state index in [0.29, 0.717) is 5.88 Å². The molecule has 0 aromatic heterocycles. The first-order valence-corrected chi connectivity index (χ1v) is 4.56. The lowest BCUT2D eigenvalue weighted by molar-refractivity contribution is -0.115. The topological polar surface area (TPSA) is 47.6 Å². The highest BCUT2D eigenvalue weighted by Crippen LogP contribution is 2.19. The molecule has 0 spiro atoms. The van der Waals surface area contributed by atoms with E-state index in [1.54, 1.807) is 7.11 Å². The fraction of sp³-hybridized carbons (Fsp3) is 0.182. The van der Waals surface area contributed by atoms with E-state index >= 15 is 0 Å². The number of methoxy groups -OCH3 is 1. The minimum Gasteiger partial charge on any atom is -0.497 e. The van der Waals surface area contributed by atoms with Crippen LogP contribution >= 0.6 is 0 Å². The van der Waals surface area contributed by atoms with Crippen LogP contribution in [0, 0.1) is 0 Å². The van der Waals surface area contributed by atoms with Crippen LogP contribution in [0.4, 0.5) is 5.69 Å². The molecule has 4 heteroatoms. The van der Waals surface area contributed by atoms with Gasteiger partial charge in [0.15, 0.2) is 18.3 Å². The fourth-order valence-corrected chi connectivity index (χ4v) is 1.29. The van der Waals surface area contributed by atoms with E-state index in [-0.39, 0.29) is 12.4 Å². The number of anilines is 1. The minimum atomic E-state index is -0.0274. The molecule has 0 amide bonds. The Bertz CT molecular complexity index is 412. The zero-order chi connectivity index (χ0) is 10.7. The standard InChI is InChI=1S/C11H11NO3/c1-14-10-4-2-3-8(5-10)12-11-6-9(13)7-15-11/h2-6,12H,7H2,1H3. The van der Waals surface area contributed by atoms with Crippen LogP contribution in [-0.4, -0.2) is 19.5 Å². The predicted octanol–water partition coefficient (Wildman–Crippen LogP) is 1.55. The van der Waals surface area contributed by atoms with Crippen molar-refractivity contribution >= 4 is 11.5 Å². The molecule has 0 unspecified atom stereocenters. The Labute approximate surface area is 87.5 Å².